The Morgan fingerprint density at radius 1 is 0.342 bits per heavy atom. The lowest BCUT2D eigenvalue weighted by molar-refractivity contribution is 0.572. The van der Waals surface area contributed by atoms with Gasteiger partial charge in [-0.05, 0) is 127 Å². The highest BCUT2D eigenvalue weighted by Crippen LogP contribution is 2.58. The first kappa shape index (κ1) is 50.2. The van der Waals surface area contributed by atoms with Gasteiger partial charge in [0.25, 0.3) is 0 Å². The van der Waals surface area contributed by atoms with Gasteiger partial charge in [0.2, 0.25) is 0 Å². The van der Waals surface area contributed by atoms with Crippen molar-refractivity contribution in [3.05, 3.63) is 228 Å². The van der Waals surface area contributed by atoms with Crippen LogP contribution in [0, 0.1) is 0 Å². The average molecular weight is 1030 g/mol. The van der Waals surface area contributed by atoms with E-state index in [1.165, 1.54) is 72.8 Å². The Labute approximate surface area is 465 Å². The van der Waals surface area contributed by atoms with Crippen LogP contribution in [0.15, 0.2) is 203 Å². The number of benzene rings is 10. The molecule has 4 nitrogen and oxygen atoms in total. The van der Waals surface area contributed by atoms with Gasteiger partial charge in [0.05, 0.1) is 17.1 Å². The lowest BCUT2D eigenvalue weighted by Gasteiger charge is -2.37. The monoisotopic (exact) mass is 1030 g/mol. The zero-order valence-corrected chi connectivity index (χ0v) is 47.9. The van der Waals surface area contributed by atoms with E-state index in [0.717, 1.165) is 78.0 Å². The van der Waals surface area contributed by atoms with Crippen LogP contribution >= 0.6 is 0 Å². The molecule has 2 aliphatic rings. The third-order valence-electron chi connectivity index (χ3n) is 17.1. The van der Waals surface area contributed by atoms with Crippen molar-refractivity contribution in [2.75, 3.05) is 9.80 Å². The summed E-state index contributed by atoms with van der Waals surface area (Å²) >= 11 is 0. The molecule has 2 aromatic heterocycles. The van der Waals surface area contributed by atoms with Crippen LogP contribution in [0.3, 0.4) is 0 Å². The first-order valence-electron chi connectivity index (χ1n) is 28.4. The molecule has 4 heteroatoms. The van der Waals surface area contributed by atoms with Crippen LogP contribution in [-0.2, 0) is 21.7 Å². The SMILES string of the molecule is CC(C)(C)c1cccc2c1oc1c(N(c3ccccc3)c3ccc4c(c3)C(C)(C)c3cc5c(cc3-4)C(C)(C)c3cccc4c(N(c6ccccc6)c6cccc7c6oc6c(C(C)(C)C)cccc67)ccc-5c34)cccc12.CCC. The van der Waals surface area contributed by atoms with Crippen molar-refractivity contribution in [3.63, 3.8) is 0 Å². The Bertz CT molecular complexity index is 4380. The molecule has 0 aliphatic heterocycles. The first-order chi connectivity index (χ1) is 37.9. The van der Waals surface area contributed by atoms with Crippen molar-refractivity contribution in [3.8, 4) is 22.3 Å². The second-order valence-corrected chi connectivity index (χ2v) is 25.2. The normalized spacial score (nSPS) is 14.1. The molecular weight excluding hydrogens is 961 g/mol. The van der Waals surface area contributed by atoms with E-state index >= 15 is 0 Å². The average Bonchev–Trinajstić information content (AvgIpc) is 4.33. The fraction of sp³-hybridized carbons (Fsp3) is 0.227. The quantitative estimate of drug-likeness (QED) is 0.166. The molecule has 14 rings (SSSR count). The number of anilines is 6. The van der Waals surface area contributed by atoms with Gasteiger partial charge in [0.1, 0.15) is 11.2 Å². The van der Waals surface area contributed by atoms with Crippen LogP contribution in [0.4, 0.5) is 34.1 Å². The number of hydrogen-bond donors (Lipinski definition) is 0. The number of para-hydroxylation sites is 6. The highest BCUT2D eigenvalue weighted by atomic mass is 16.3. The smallest absolute Gasteiger partial charge is 0.159 e. The van der Waals surface area contributed by atoms with Crippen molar-refractivity contribution in [1.82, 2.24) is 0 Å². The molecule has 0 N–H and O–H groups in total. The first-order valence-corrected chi connectivity index (χ1v) is 28.4. The molecule has 0 saturated carbocycles. The summed E-state index contributed by atoms with van der Waals surface area (Å²) in [5, 5.41) is 7.04. The number of hydrogen-bond acceptors (Lipinski definition) is 4. The van der Waals surface area contributed by atoms with Crippen molar-refractivity contribution < 1.29 is 8.83 Å². The van der Waals surface area contributed by atoms with Gasteiger partial charge < -0.3 is 18.6 Å². The Morgan fingerprint density at radius 3 is 1.29 bits per heavy atom. The molecule has 12 aromatic rings. The van der Waals surface area contributed by atoms with Gasteiger partial charge in [0.15, 0.2) is 11.2 Å². The summed E-state index contributed by atoms with van der Waals surface area (Å²) in [5.41, 5.74) is 22.3. The molecule has 0 unspecified atom stereocenters. The molecule has 2 aliphatic carbocycles. The van der Waals surface area contributed by atoms with Gasteiger partial charge in [-0.15, -0.1) is 0 Å². The molecule has 0 atom stereocenters. The van der Waals surface area contributed by atoms with Crippen molar-refractivity contribution in [2.45, 2.75) is 111 Å². The largest absolute Gasteiger partial charge is 0.454 e. The van der Waals surface area contributed by atoms with E-state index in [2.05, 4.69) is 287 Å². The molecule has 0 saturated heterocycles. The van der Waals surface area contributed by atoms with Crippen LogP contribution in [-0.4, -0.2) is 0 Å². The minimum absolute atomic E-state index is 0.0762. The Balaban J connectivity index is 0.00000193. The van der Waals surface area contributed by atoms with Gasteiger partial charge in [-0.3, -0.25) is 0 Å². The van der Waals surface area contributed by atoms with E-state index < -0.39 is 0 Å². The number of nitrogens with zero attached hydrogens (tertiary/aromatic N) is 2. The second kappa shape index (κ2) is 18.1. The van der Waals surface area contributed by atoms with Gasteiger partial charge >= 0.3 is 0 Å². The highest BCUT2D eigenvalue weighted by Gasteiger charge is 2.42. The van der Waals surface area contributed by atoms with Crippen LogP contribution in [0.2, 0.25) is 0 Å². The molecular formula is C75H70N2O2. The van der Waals surface area contributed by atoms with Crippen LogP contribution in [0.25, 0.3) is 76.9 Å². The zero-order chi connectivity index (χ0) is 54.9. The van der Waals surface area contributed by atoms with Crippen LogP contribution < -0.4 is 9.80 Å². The van der Waals surface area contributed by atoms with Crippen molar-refractivity contribution in [1.29, 1.82) is 0 Å². The third kappa shape index (κ3) is 7.69. The van der Waals surface area contributed by atoms with Gasteiger partial charge in [-0.25, -0.2) is 0 Å². The van der Waals surface area contributed by atoms with Crippen molar-refractivity contribution in [2.24, 2.45) is 0 Å². The second-order valence-electron chi connectivity index (χ2n) is 25.2. The Morgan fingerprint density at radius 2 is 0.759 bits per heavy atom. The molecule has 0 spiro atoms. The predicted molar refractivity (Wildman–Crippen MR) is 336 cm³/mol. The Kier molecular flexibility index (Phi) is 11.5. The number of rotatable bonds is 6. The maximum absolute atomic E-state index is 7.08. The molecule has 392 valence electrons. The fourth-order valence-corrected chi connectivity index (χ4v) is 13.3. The molecule has 79 heavy (non-hydrogen) atoms. The van der Waals surface area contributed by atoms with E-state index in [1.807, 2.05) is 0 Å². The van der Waals surface area contributed by atoms with Gasteiger partial charge in [0, 0.05) is 66.0 Å². The summed E-state index contributed by atoms with van der Waals surface area (Å²) in [5.74, 6) is 0. The fourth-order valence-electron chi connectivity index (χ4n) is 13.3. The topological polar surface area (TPSA) is 32.8 Å². The number of furan rings is 2. The number of fused-ring (bicyclic) bond motifs is 11. The summed E-state index contributed by atoms with van der Waals surface area (Å²) in [7, 11) is 0. The molecule has 0 fully saturated rings. The summed E-state index contributed by atoms with van der Waals surface area (Å²) in [4.78, 5) is 4.81. The lowest BCUT2D eigenvalue weighted by atomic mass is 9.67. The van der Waals surface area contributed by atoms with E-state index in [9.17, 15) is 0 Å². The molecule has 10 aromatic carbocycles. The Hall–Kier alpha value is -8.34. The van der Waals surface area contributed by atoms with Crippen LogP contribution in [0.1, 0.15) is 123 Å². The minimum Gasteiger partial charge on any atom is -0.454 e. The minimum atomic E-state index is -0.301. The van der Waals surface area contributed by atoms with E-state index in [1.54, 1.807) is 0 Å². The van der Waals surface area contributed by atoms with Gasteiger partial charge in [-0.2, -0.15) is 0 Å². The summed E-state index contributed by atoms with van der Waals surface area (Å²) in [6, 6.07) is 71.8. The maximum atomic E-state index is 7.08. The van der Waals surface area contributed by atoms with Crippen molar-refractivity contribution >= 4 is 88.8 Å². The summed E-state index contributed by atoms with van der Waals surface area (Å²) in [6.45, 7) is 27.5. The summed E-state index contributed by atoms with van der Waals surface area (Å²) < 4.78 is 14.1. The van der Waals surface area contributed by atoms with Crippen LogP contribution in [0.5, 0.6) is 0 Å². The molecule has 0 bridgehead atoms. The maximum Gasteiger partial charge on any atom is 0.159 e. The van der Waals surface area contributed by atoms with E-state index in [-0.39, 0.29) is 21.7 Å². The van der Waals surface area contributed by atoms with E-state index in [0.29, 0.717) is 0 Å². The van der Waals surface area contributed by atoms with Gasteiger partial charge in [-0.1, -0.05) is 217 Å². The summed E-state index contributed by atoms with van der Waals surface area (Å²) in [6.07, 6.45) is 1.25. The molecule has 0 radical (unpaired) electrons. The third-order valence-corrected chi connectivity index (χ3v) is 17.1. The molecule has 0 amide bonds. The predicted octanol–water partition coefficient (Wildman–Crippen LogP) is 22.2. The van der Waals surface area contributed by atoms with E-state index in [4.69, 9.17) is 8.83 Å². The molecule has 2 heterocycles. The highest BCUT2D eigenvalue weighted by molar-refractivity contribution is 6.15. The lowest BCUT2D eigenvalue weighted by Crippen LogP contribution is -2.25. The standard InChI is InChI=1S/C72H62N2O2.C3H8/c1-69(2,3)56-32-17-26-48-50-28-20-34-62(67(50)75-65(48)56)73(43-22-13-11-14-23-43)45-36-37-46-53-41-60-54(42-59(53)72(9,10)58(46)40-45)47-38-39-61(52-30-19-31-55(64(47)52)71(60,7)8)74(44-24-15-12-16-25-44)63-35-21-29-51-49-27-18-33-57(70(4,5)6)66(49)76-68(51)63;1-3-2/h11-42H,1-10H3;3H2,1-2H3. The zero-order valence-electron chi connectivity index (χ0n) is 47.9.